The van der Waals surface area contributed by atoms with Crippen molar-refractivity contribution in [1.29, 1.82) is 5.41 Å². The molecule has 0 bridgehead atoms. The van der Waals surface area contributed by atoms with Gasteiger partial charge in [-0.1, -0.05) is 31.6 Å². The molecule has 0 amide bonds. The first kappa shape index (κ1) is 19.2. The largest absolute Gasteiger partial charge is 0.305 e. The van der Waals surface area contributed by atoms with Crippen molar-refractivity contribution in [3.63, 3.8) is 0 Å². The maximum Gasteiger partial charge on any atom is 0.0314 e. The van der Waals surface area contributed by atoms with Crippen LogP contribution >= 0.6 is 0 Å². The van der Waals surface area contributed by atoms with E-state index in [4.69, 9.17) is 5.41 Å². The van der Waals surface area contributed by atoms with Crippen LogP contribution in [-0.4, -0.2) is 5.71 Å². The zero-order valence-corrected chi connectivity index (χ0v) is 17.6. The van der Waals surface area contributed by atoms with Crippen molar-refractivity contribution in [2.45, 2.75) is 78.1 Å². The summed E-state index contributed by atoms with van der Waals surface area (Å²) in [7, 11) is 0. The molecule has 0 aromatic heterocycles. The van der Waals surface area contributed by atoms with Crippen LogP contribution in [0.25, 0.3) is 0 Å². The van der Waals surface area contributed by atoms with Crippen molar-refractivity contribution in [2.75, 3.05) is 0 Å². The van der Waals surface area contributed by atoms with E-state index in [1.54, 1.807) is 5.57 Å². The molecule has 6 atom stereocenters. The zero-order valence-electron chi connectivity index (χ0n) is 17.6. The maximum absolute atomic E-state index is 8.16. The molecule has 4 saturated carbocycles. The second-order valence-corrected chi connectivity index (χ2v) is 10.2. The summed E-state index contributed by atoms with van der Waals surface area (Å²) in [4.78, 5) is 0. The minimum atomic E-state index is 0.458. The third kappa shape index (κ3) is 2.91. The molecule has 0 aromatic rings. The summed E-state index contributed by atoms with van der Waals surface area (Å²) in [6, 6.07) is 0. The van der Waals surface area contributed by atoms with Crippen LogP contribution in [0.15, 0.2) is 37.0 Å². The first-order chi connectivity index (χ1) is 13.0. The van der Waals surface area contributed by atoms with Crippen LogP contribution in [0, 0.1) is 45.8 Å². The van der Waals surface area contributed by atoms with Crippen molar-refractivity contribution < 1.29 is 0 Å². The van der Waals surface area contributed by atoms with Crippen LogP contribution < -0.4 is 0 Å². The number of hydrogen-bond acceptors (Lipinski definition) is 1. The lowest BCUT2D eigenvalue weighted by atomic mass is 9.48. The topological polar surface area (TPSA) is 23.9 Å². The summed E-state index contributed by atoms with van der Waals surface area (Å²) in [5, 5.41) is 8.16. The Morgan fingerprint density at radius 3 is 2.48 bits per heavy atom. The molecule has 4 fully saturated rings. The Morgan fingerprint density at radius 1 is 1.11 bits per heavy atom. The summed E-state index contributed by atoms with van der Waals surface area (Å²) < 4.78 is 0. The maximum atomic E-state index is 8.16. The lowest BCUT2D eigenvalue weighted by Gasteiger charge is -2.56. The van der Waals surface area contributed by atoms with Gasteiger partial charge in [0.1, 0.15) is 0 Å². The number of nitrogens with one attached hydrogen (secondary N) is 1. The highest BCUT2D eigenvalue weighted by Gasteiger charge is 2.62. The smallest absolute Gasteiger partial charge is 0.0314 e. The Bertz CT molecular complexity index is 651. The van der Waals surface area contributed by atoms with Gasteiger partial charge in [-0.25, -0.2) is 0 Å². The third-order valence-corrected chi connectivity index (χ3v) is 9.23. The highest BCUT2D eigenvalue weighted by atomic mass is 14.7. The number of fused-ring (bicyclic) bond motifs is 6. The molecular weight excluding hydrogens is 326 g/mol. The van der Waals surface area contributed by atoms with E-state index < -0.39 is 0 Å². The van der Waals surface area contributed by atoms with Gasteiger partial charge in [0.15, 0.2) is 0 Å². The van der Waals surface area contributed by atoms with Crippen LogP contribution in [-0.2, 0) is 0 Å². The molecule has 1 heteroatoms. The molecule has 0 radical (unpaired) electrons. The van der Waals surface area contributed by atoms with Gasteiger partial charge in [-0.2, -0.15) is 0 Å². The van der Waals surface area contributed by atoms with Crippen LogP contribution in [0.2, 0.25) is 0 Å². The number of rotatable bonds is 2. The average molecular weight is 366 g/mol. The van der Waals surface area contributed by atoms with E-state index >= 15 is 0 Å². The minimum Gasteiger partial charge on any atom is -0.305 e. The SMILES string of the molecule is C=CC12CCC3C4CCC(=N)C=C4C4(CC4)CC3C1CCC2C.C=CCC. The van der Waals surface area contributed by atoms with Crippen LogP contribution in [0.1, 0.15) is 78.1 Å². The lowest BCUT2D eigenvalue weighted by molar-refractivity contribution is -0.0155. The Hall–Kier alpha value is -1.11. The first-order valence-electron chi connectivity index (χ1n) is 11.6. The molecular formula is C26H39N. The summed E-state index contributed by atoms with van der Waals surface area (Å²) in [5.41, 5.74) is 3.63. The van der Waals surface area contributed by atoms with Gasteiger partial charge < -0.3 is 5.41 Å². The van der Waals surface area contributed by atoms with E-state index in [1.807, 2.05) is 6.08 Å². The van der Waals surface area contributed by atoms with E-state index in [0.29, 0.717) is 10.8 Å². The number of hydrogen-bond donors (Lipinski definition) is 1. The van der Waals surface area contributed by atoms with Crippen molar-refractivity contribution in [3.8, 4) is 0 Å². The molecule has 1 nitrogen and oxygen atoms in total. The summed E-state index contributed by atoms with van der Waals surface area (Å²) in [6.45, 7) is 12.3. The van der Waals surface area contributed by atoms with Gasteiger partial charge in [-0.15, -0.1) is 13.2 Å². The van der Waals surface area contributed by atoms with Gasteiger partial charge in [-0.3, -0.25) is 0 Å². The second kappa shape index (κ2) is 7.05. The Kier molecular flexibility index (Phi) is 5.02. The van der Waals surface area contributed by atoms with Gasteiger partial charge >= 0.3 is 0 Å². The normalized spacial score (nSPS) is 43.4. The molecule has 1 spiro atoms. The molecule has 5 aliphatic rings. The van der Waals surface area contributed by atoms with Gasteiger partial charge in [0.2, 0.25) is 0 Å². The van der Waals surface area contributed by atoms with Crippen molar-refractivity contribution >= 4 is 5.71 Å². The molecule has 0 heterocycles. The molecule has 5 aliphatic carbocycles. The fraction of sp³-hybridized carbons (Fsp3) is 0.731. The highest BCUT2D eigenvalue weighted by Crippen LogP contribution is 2.71. The summed E-state index contributed by atoms with van der Waals surface area (Å²) in [5.74, 6) is 4.45. The molecule has 5 rings (SSSR count). The summed E-state index contributed by atoms with van der Waals surface area (Å²) >= 11 is 0. The molecule has 6 unspecified atom stereocenters. The van der Waals surface area contributed by atoms with Gasteiger partial charge in [0.25, 0.3) is 0 Å². The van der Waals surface area contributed by atoms with E-state index in [2.05, 4.69) is 39.2 Å². The van der Waals surface area contributed by atoms with Crippen LogP contribution in [0.4, 0.5) is 0 Å². The quantitative estimate of drug-likeness (QED) is 0.494. The minimum absolute atomic E-state index is 0.458. The average Bonchev–Trinajstić information content (AvgIpc) is 3.38. The van der Waals surface area contributed by atoms with Gasteiger partial charge in [0, 0.05) is 5.71 Å². The Balaban J connectivity index is 0.000000413. The van der Waals surface area contributed by atoms with Crippen molar-refractivity contribution in [1.82, 2.24) is 0 Å². The lowest BCUT2D eigenvalue weighted by Crippen LogP contribution is -2.49. The molecule has 148 valence electrons. The van der Waals surface area contributed by atoms with E-state index in [0.717, 1.165) is 48.1 Å². The van der Waals surface area contributed by atoms with Gasteiger partial charge in [0.05, 0.1) is 0 Å². The molecule has 1 N–H and O–H groups in total. The zero-order chi connectivity index (χ0) is 19.2. The fourth-order valence-corrected chi connectivity index (χ4v) is 7.59. The van der Waals surface area contributed by atoms with E-state index in [1.165, 1.54) is 51.4 Å². The van der Waals surface area contributed by atoms with Crippen LogP contribution in [0.3, 0.4) is 0 Å². The fourth-order valence-electron chi connectivity index (χ4n) is 7.59. The van der Waals surface area contributed by atoms with Crippen molar-refractivity contribution in [3.05, 3.63) is 37.0 Å². The second-order valence-electron chi connectivity index (χ2n) is 10.2. The van der Waals surface area contributed by atoms with Crippen molar-refractivity contribution in [2.24, 2.45) is 40.4 Å². The Labute approximate surface area is 166 Å². The van der Waals surface area contributed by atoms with Gasteiger partial charge in [-0.05, 0) is 111 Å². The first-order valence-corrected chi connectivity index (χ1v) is 11.6. The molecule has 0 saturated heterocycles. The standard InChI is InChI=1S/C22H31N.C4H8/c1-3-22-9-8-16-17-6-5-15(23)12-20(17)21(10-11-21)13-18(16)19(22)7-4-14(22)2;1-3-4-2/h3,12,14,16-19,23H,1,4-11,13H2,2H3;3H,1,4H2,2H3. The van der Waals surface area contributed by atoms with E-state index in [-0.39, 0.29) is 0 Å². The third-order valence-electron chi connectivity index (χ3n) is 9.23. The molecule has 0 aromatic carbocycles. The Morgan fingerprint density at radius 2 is 1.85 bits per heavy atom. The van der Waals surface area contributed by atoms with E-state index in [9.17, 15) is 0 Å². The molecule has 27 heavy (non-hydrogen) atoms. The summed E-state index contributed by atoms with van der Waals surface area (Å²) in [6.07, 6.45) is 19.9. The van der Waals surface area contributed by atoms with Crippen LogP contribution in [0.5, 0.6) is 0 Å². The molecule has 0 aliphatic heterocycles. The predicted octanol–water partition coefficient (Wildman–Crippen LogP) is 7.35. The highest BCUT2D eigenvalue weighted by molar-refractivity contribution is 5.94. The predicted molar refractivity (Wildman–Crippen MR) is 116 cm³/mol. The number of allylic oxidation sites excluding steroid dienone is 4. The monoisotopic (exact) mass is 365 g/mol.